The highest BCUT2D eigenvalue weighted by atomic mass is 19.1. The van der Waals surface area contributed by atoms with Crippen LogP contribution in [0, 0.1) is 5.82 Å². The molecule has 0 fully saturated rings. The number of hydrogen-bond donors (Lipinski definition) is 2. The number of nitrogens with zero attached hydrogens (tertiary/aromatic N) is 2. The van der Waals surface area contributed by atoms with Crippen molar-refractivity contribution >= 4 is 33.5 Å². The quantitative estimate of drug-likeness (QED) is 0.278. The first-order chi connectivity index (χ1) is 19.0. The molecule has 0 radical (unpaired) electrons. The van der Waals surface area contributed by atoms with E-state index in [4.69, 9.17) is 9.47 Å². The molecule has 39 heavy (non-hydrogen) atoms. The molecule has 6 rings (SSSR count). The number of ether oxygens (including phenoxy) is 2. The van der Waals surface area contributed by atoms with Crippen LogP contribution < -0.4 is 20.2 Å². The first-order valence-corrected chi connectivity index (χ1v) is 12.0. The third-order valence-electron chi connectivity index (χ3n) is 6.34. The van der Waals surface area contributed by atoms with E-state index < -0.39 is 17.2 Å². The van der Waals surface area contributed by atoms with Crippen LogP contribution >= 0.6 is 0 Å². The van der Waals surface area contributed by atoms with Crippen molar-refractivity contribution in [2.75, 3.05) is 12.4 Å². The van der Waals surface area contributed by atoms with Crippen LogP contribution in [-0.4, -0.2) is 27.6 Å². The molecule has 3 heterocycles. The van der Waals surface area contributed by atoms with Gasteiger partial charge in [0.15, 0.2) is 11.6 Å². The van der Waals surface area contributed by atoms with Crippen molar-refractivity contribution in [3.8, 4) is 22.9 Å². The molecule has 0 aliphatic rings. The predicted molar refractivity (Wildman–Crippen MR) is 147 cm³/mol. The second-order valence-electron chi connectivity index (χ2n) is 8.71. The molecule has 8 nitrogen and oxygen atoms in total. The van der Waals surface area contributed by atoms with E-state index in [9.17, 15) is 14.0 Å². The topological polar surface area (TPSA) is 98.2 Å². The Kier molecular flexibility index (Phi) is 6.01. The summed E-state index contributed by atoms with van der Waals surface area (Å²) < 4.78 is 27.7. The van der Waals surface area contributed by atoms with Crippen LogP contribution in [0.5, 0.6) is 17.2 Å². The van der Waals surface area contributed by atoms with Crippen LogP contribution in [0.25, 0.3) is 27.6 Å². The number of para-hydroxylation sites is 1. The second-order valence-corrected chi connectivity index (χ2v) is 8.71. The Morgan fingerprint density at radius 1 is 0.974 bits per heavy atom. The van der Waals surface area contributed by atoms with Gasteiger partial charge < -0.3 is 24.3 Å². The number of H-pyrrole nitrogens is 1. The minimum atomic E-state index is -0.678. The first kappa shape index (κ1) is 23.9. The summed E-state index contributed by atoms with van der Waals surface area (Å²) in [6.07, 6.45) is 4.76. The Labute approximate surface area is 221 Å². The number of methoxy groups -OCH3 is 1. The van der Waals surface area contributed by atoms with E-state index in [-0.39, 0.29) is 17.0 Å². The average molecular weight is 521 g/mol. The molecule has 192 valence electrons. The lowest BCUT2D eigenvalue weighted by Crippen LogP contribution is -2.23. The molecule has 0 aliphatic heterocycles. The Balaban J connectivity index is 1.31. The SMILES string of the molecule is COc1ccc(-n2cc(C(=O)Nc3ccc(Oc4ccnc5[nH]ccc45)c(F)c3)c(=O)c3ccccc32)cc1. The molecule has 0 spiro atoms. The standard InChI is InChI=1S/C30H21FN4O4/c1-38-20-9-7-19(8-10-20)35-17-23(28(36)21-4-2-3-5-25(21)35)30(37)34-18-6-11-27(24(31)16-18)39-26-13-15-33-29-22(26)12-14-32-29/h2-17H,1H3,(H,32,33)(H,34,37). The Morgan fingerprint density at radius 2 is 1.79 bits per heavy atom. The molecule has 3 aromatic heterocycles. The fraction of sp³-hybridized carbons (Fsp3) is 0.0333. The van der Waals surface area contributed by atoms with Crippen molar-refractivity contribution in [1.82, 2.24) is 14.5 Å². The summed E-state index contributed by atoms with van der Waals surface area (Å²) in [7, 11) is 1.58. The van der Waals surface area contributed by atoms with Gasteiger partial charge in [-0.1, -0.05) is 12.1 Å². The largest absolute Gasteiger partial charge is 0.497 e. The third kappa shape index (κ3) is 4.46. The van der Waals surface area contributed by atoms with Gasteiger partial charge in [-0.2, -0.15) is 0 Å². The maximum atomic E-state index is 15.0. The maximum absolute atomic E-state index is 15.0. The zero-order chi connectivity index (χ0) is 26.9. The lowest BCUT2D eigenvalue weighted by molar-refractivity contribution is 0.102. The molecule has 0 saturated carbocycles. The van der Waals surface area contributed by atoms with Crippen LogP contribution in [0.4, 0.5) is 10.1 Å². The molecule has 2 N–H and O–H groups in total. The predicted octanol–water partition coefficient (Wildman–Crippen LogP) is 6.06. The van der Waals surface area contributed by atoms with Gasteiger partial charge in [-0.25, -0.2) is 9.37 Å². The highest BCUT2D eigenvalue weighted by Crippen LogP contribution is 2.31. The van der Waals surface area contributed by atoms with Crippen LogP contribution in [0.2, 0.25) is 0 Å². The summed E-state index contributed by atoms with van der Waals surface area (Å²) in [5.74, 6) is -0.244. The van der Waals surface area contributed by atoms with Crippen LogP contribution in [0.1, 0.15) is 10.4 Å². The number of carbonyl (C=O) groups is 1. The fourth-order valence-electron chi connectivity index (χ4n) is 4.40. The van der Waals surface area contributed by atoms with Crippen molar-refractivity contribution in [3.63, 3.8) is 0 Å². The van der Waals surface area contributed by atoms with Crippen molar-refractivity contribution in [2.45, 2.75) is 0 Å². The highest BCUT2D eigenvalue weighted by Gasteiger charge is 2.18. The molecule has 9 heteroatoms. The minimum absolute atomic E-state index is 0.0192. The Bertz CT molecular complexity index is 1910. The summed E-state index contributed by atoms with van der Waals surface area (Å²) >= 11 is 0. The van der Waals surface area contributed by atoms with Gasteiger partial charge in [0, 0.05) is 41.4 Å². The summed E-state index contributed by atoms with van der Waals surface area (Å²) in [6.45, 7) is 0. The molecule has 1 amide bonds. The molecule has 3 aromatic carbocycles. The summed E-state index contributed by atoms with van der Waals surface area (Å²) in [5.41, 5.74) is 1.66. The zero-order valence-corrected chi connectivity index (χ0v) is 20.6. The highest BCUT2D eigenvalue weighted by molar-refractivity contribution is 6.06. The number of rotatable bonds is 6. The van der Waals surface area contributed by atoms with Gasteiger partial charge in [0.25, 0.3) is 5.91 Å². The molecule has 0 bridgehead atoms. The molecule has 0 atom stereocenters. The van der Waals surface area contributed by atoms with E-state index in [2.05, 4.69) is 15.3 Å². The third-order valence-corrected chi connectivity index (χ3v) is 6.34. The number of halogens is 1. The number of benzene rings is 3. The number of aromatic nitrogens is 3. The van der Waals surface area contributed by atoms with Gasteiger partial charge in [-0.3, -0.25) is 9.59 Å². The van der Waals surface area contributed by atoms with Crippen molar-refractivity contribution in [3.05, 3.63) is 119 Å². The second kappa shape index (κ2) is 9.79. The zero-order valence-electron chi connectivity index (χ0n) is 20.6. The fourth-order valence-corrected chi connectivity index (χ4v) is 4.40. The van der Waals surface area contributed by atoms with Gasteiger partial charge in [0.2, 0.25) is 5.43 Å². The van der Waals surface area contributed by atoms with Crippen LogP contribution in [-0.2, 0) is 0 Å². The monoisotopic (exact) mass is 520 g/mol. The van der Waals surface area contributed by atoms with Crippen molar-refractivity contribution < 1.29 is 18.7 Å². The van der Waals surface area contributed by atoms with Gasteiger partial charge in [0.05, 0.1) is 18.0 Å². The van der Waals surface area contributed by atoms with Crippen molar-refractivity contribution in [2.24, 2.45) is 0 Å². The lowest BCUT2D eigenvalue weighted by atomic mass is 10.1. The van der Waals surface area contributed by atoms with E-state index in [1.807, 2.05) is 18.2 Å². The number of nitrogens with one attached hydrogen (secondary N) is 2. The molecule has 0 aliphatic carbocycles. The van der Waals surface area contributed by atoms with Gasteiger partial charge in [-0.15, -0.1) is 0 Å². The van der Waals surface area contributed by atoms with Crippen molar-refractivity contribution in [1.29, 1.82) is 0 Å². The smallest absolute Gasteiger partial charge is 0.261 e. The van der Waals surface area contributed by atoms with E-state index >= 15 is 0 Å². The number of aromatic amines is 1. The van der Waals surface area contributed by atoms with E-state index in [1.165, 1.54) is 18.3 Å². The van der Waals surface area contributed by atoms with Gasteiger partial charge in [0.1, 0.15) is 22.7 Å². The number of carbonyl (C=O) groups excluding carboxylic acids is 1. The number of pyridine rings is 2. The van der Waals surface area contributed by atoms with Crippen LogP contribution in [0.15, 0.2) is 102 Å². The van der Waals surface area contributed by atoms with E-state index in [0.717, 1.165) is 11.8 Å². The average Bonchev–Trinajstić information content (AvgIpc) is 3.45. The molecule has 0 saturated heterocycles. The molecule has 0 unspecified atom stereocenters. The summed E-state index contributed by atoms with van der Waals surface area (Å²) in [6, 6.07) is 21.8. The first-order valence-electron chi connectivity index (χ1n) is 12.0. The summed E-state index contributed by atoms with van der Waals surface area (Å²) in [5, 5.41) is 3.72. The van der Waals surface area contributed by atoms with Gasteiger partial charge >= 0.3 is 0 Å². The lowest BCUT2D eigenvalue weighted by Gasteiger charge is -2.14. The normalized spacial score (nSPS) is 11.0. The maximum Gasteiger partial charge on any atom is 0.261 e. The molecular formula is C30H21FN4O4. The number of anilines is 1. The van der Waals surface area contributed by atoms with Gasteiger partial charge in [-0.05, 0) is 60.7 Å². The van der Waals surface area contributed by atoms with Crippen LogP contribution in [0.3, 0.4) is 0 Å². The molecule has 6 aromatic rings. The van der Waals surface area contributed by atoms with E-state index in [0.29, 0.717) is 33.4 Å². The van der Waals surface area contributed by atoms with E-state index in [1.54, 1.807) is 66.5 Å². The number of fused-ring (bicyclic) bond motifs is 2. The number of amides is 1. The number of hydrogen-bond acceptors (Lipinski definition) is 5. The molecular weight excluding hydrogens is 499 g/mol. The Hall–Kier alpha value is -5.44. The summed E-state index contributed by atoms with van der Waals surface area (Å²) in [4.78, 5) is 33.7. The Morgan fingerprint density at radius 3 is 2.59 bits per heavy atom. The minimum Gasteiger partial charge on any atom is -0.497 e.